The van der Waals surface area contributed by atoms with Crippen molar-refractivity contribution in [3.63, 3.8) is 0 Å². The van der Waals surface area contributed by atoms with Crippen LogP contribution in [-0.4, -0.2) is 160 Å². The maximum atomic E-state index is 14.2. The molecule has 0 aliphatic carbocycles. The van der Waals surface area contributed by atoms with Crippen LogP contribution < -0.4 is 31.3 Å². The summed E-state index contributed by atoms with van der Waals surface area (Å²) in [6, 6.07) is 4.81. The van der Waals surface area contributed by atoms with Gasteiger partial charge >= 0.3 is 33.7 Å². The minimum absolute atomic E-state index is 0.0907. The third-order valence-electron chi connectivity index (χ3n) is 21.9. The first-order valence-electron chi connectivity index (χ1n) is 50.3. The van der Waals surface area contributed by atoms with E-state index in [0.29, 0.717) is 75.5 Å². The second kappa shape index (κ2) is 82.6. The molecule has 127 heavy (non-hydrogen) atoms. The van der Waals surface area contributed by atoms with Crippen molar-refractivity contribution in [3.8, 4) is 5.75 Å². The van der Waals surface area contributed by atoms with Gasteiger partial charge in [-0.2, -0.15) is 0 Å². The number of esters is 2. The molecule has 738 valence electrons. The van der Waals surface area contributed by atoms with Gasteiger partial charge in [-0.15, -0.1) is 0 Å². The number of amides is 5. The van der Waals surface area contributed by atoms with Crippen LogP contribution in [0.5, 0.6) is 5.75 Å². The average molecular weight is 1840 g/mol. The van der Waals surface area contributed by atoms with Crippen LogP contribution in [0.4, 0.5) is 4.79 Å². The normalized spacial score (nSPS) is 13.9. The van der Waals surface area contributed by atoms with E-state index in [2.05, 4.69) is 92.4 Å². The van der Waals surface area contributed by atoms with Gasteiger partial charge in [0, 0.05) is 51.6 Å². The van der Waals surface area contributed by atoms with E-state index in [1.165, 1.54) is 128 Å². The van der Waals surface area contributed by atoms with Crippen LogP contribution in [0.3, 0.4) is 0 Å². The molecular weight excluding hydrogens is 1660 g/mol. The number of ether oxygens (including phenoxy) is 6. The third kappa shape index (κ3) is 76.9. The summed E-state index contributed by atoms with van der Waals surface area (Å²) >= 11 is 0. The van der Waals surface area contributed by atoms with Gasteiger partial charge in [-0.3, -0.25) is 46.9 Å². The quantitative estimate of drug-likeness (QED) is 0.00795. The van der Waals surface area contributed by atoms with Crippen LogP contribution in [0.2, 0.25) is 0 Å². The number of unbranched alkanes of at least 4 members (excludes halogenated alkanes) is 38. The number of hydrogen-bond acceptors (Lipinski definition) is 19. The molecule has 0 bridgehead atoms. The number of phosphoric acid groups is 2. The highest BCUT2D eigenvalue weighted by molar-refractivity contribution is 7.47. The minimum atomic E-state index is -4.87. The fourth-order valence-electron chi connectivity index (χ4n) is 14.4. The summed E-state index contributed by atoms with van der Waals surface area (Å²) in [7, 11) is -9.75. The topological polar surface area (TPSA) is 347 Å². The van der Waals surface area contributed by atoms with Gasteiger partial charge in [-0.1, -0.05) is 296 Å². The number of carbonyl (C=O) groups is 7. The Kier molecular flexibility index (Phi) is 77.9. The van der Waals surface area contributed by atoms with Crippen LogP contribution >= 0.6 is 15.6 Å². The Morgan fingerprint density at radius 3 is 1.06 bits per heavy atom. The molecule has 7 N–H and O–H groups in total. The van der Waals surface area contributed by atoms with E-state index in [1.807, 2.05) is 0 Å². The Morgan fingerprint density at radius 2 is 0.701 bits per heavy atom. The van der Waals surface area contributed by atoms with Crippen molar-refractivity contribution in [2.75, 3.05) is 79.1 Å². The summed E-state index contributed by atoms with van der Waals surface area (Å²) in [5.74, 6) is -3.68. The maximum absolute atomic E-state index is 14.2. The van der Waals surface area contributed by atoms with Crippen molar-refractivity contribution in [1.29, 1.82) is 0 Å². The zero-order valence-corrected chi connectivity index (χ0v) is 82.7. The van der Waals surface area contributed by atoms with Crippen molar-refractivity contribution in [1.82, 2.24) is 26.6 Å². The highest BCUT2D eigenvalue weighted by Gasteiger charge is 2.31. The number of allylic oxidation sites excluding steroid dienone is 4. The van der Waals surface area contributed by atoms with E-state index in [1.54, 1.807) is 45.0 Å². The van der Waals surface area contributed by atoms with E-state index >= 15 is 0 Å². The lowest BCUT2D eigenvalue weighted by atomic mass is 9.97. The Balaban J connectivity index is 3.33. The van der Waals surface area contributed by atoms with Gasteiger partial charge in [-0.05, 0) is 135 Å². The molecule has 0 fully saturated rings. The van der Waals surface area contributed by atoms with E-state index < -0.39 is 83.6 Å². The van der Waals surface area contributed by atoms with Gasteiger partial charge in [0.05, 0.1) is 71.5 Å². The fourth-order valence-corrected chi connectivity index (χ4v) is 16.0. The Bertz CT molecular complexity index is 2880. The lowest BCUT2D eigenvalue weighted by Crippen LogP contribution is -2.44. The van der Waals surface area contributed by atoms with E-state index in [0.717, 1.165) is 141 Å². The maximum Gasteiger partial charge on any atom is 0.472 e. The molecule has 0 saturated heterocycles. The number of rotatable bonds is 90. The predicted octanol–water partition coefficient (Wildman–Crippen LogP) is 23.4. The van der Waals surface area contributed by atoms with Crippen molar-refractivity contribution in [2.45, 2.75) is 445 Å². The summed E-state index contributed by atoms with van der Waals surface area (Å²) in [5, 5.41) is 13.7. The zero-order valence-electron chi connectivity index (χ0n) is 80.9. The summed E-state index contributed by atoms with van der Waals surface area (Å²) < 4.78 is 84.4. The van der Waals surface area contributed by atoms with E-state index in [-0.39, 0.29) is 108 Å². The lowest BCUT2D eigenvalue weighted by molar-refractivity contribution is -0.151. The molecular formula is C99H181N5O21P2. The Labute approximate surface area is 769 Å². The van der Waals surface area contributed by atoms with Gasteiger partial charge in [-0.25, -0.2) is 13.9 Å². The number of phosphoric ester groups is 2. The largest absolute Gasteiger partial charge is 0.492 e. The summed E-state index contributed by atoms with van der Waals surface area (Å²) in [5.41, 5.74) is -0.165. The molecule has 6 unspecified atom stereocenters. The molecule has 0 aliphatic heterocycles. The molecule has 26 nitrogen and oxygen atoms in total. The average Bonchev–Trinajstić information content (AvgIpc) is 0.856. The smallest absolute Gasteiger partial charge is 0.472 e. The fraction of sp³-hybridized carbons (Fsp3) is 0.828. The van der Waals surface area contributed by atoms with Crippen molar-refractivity contribution >= 4 is 57.3 Å². The molecule has 0 aromatic heterocycles. The van der Waals surface area contributed by atoms with Crippen LogP contribution in [-0.2, 0) is 86.1 Å². The molecule has 5 amide bonds. The van der Waals surface area contributed by atoms with Crippen molar-refractivity contribution in [2.24, 2.45) is 5.92 Å². The lowest BCUT2D eigenvalue weighted by Gasteiger charge is -2.22. The van der Waals surface area contributed by atoms with Crippen LogP contribution in [0.25, 0.3) is 0 Å². The molecule has 1 rings (SSSR count). The SMILES string of the molecule is CCCCCC/C=C\CCCC(=O)OC(CCCCCCC)CCOCC(COP(=O)(O)OCCNC(=O)C(Cc1ccc(OCCNC(=O)OC(C)(C)C)cc1)C(=O)NCCOP(=O)(O)OCC(COCCC(CCCCCCC)OC(=O)CCC/C=C\CCCCCC)NC(=O)CCCCCCCCCCCCC)NC(=O)CCCCCCCCCCCCC. The standard InChI is InChI=1S/C99H181N5O21P2/c1-10-16-22-28-32-36-38-42-44-50-56-62-92(105)103-86(81-116-75-70-89(60-54-48-26-20-14-5)123-94(107)64-58-52-46-40-34-30-24-18-12-3)83-121-126(112,113)119-78-73-100-96(109)91(80-85-66-68-88(69-67-85)118-77-72-102-98(111)125-99(7,8)9)97(110)101-74-79-120-127(114,115)122-84-87(104-93(106)63-57-51-45-43-39-37-33-29-23-17-11-2)82-117-76-71-90(61-55-49-27-21-15-6)124-95(108)65-59-53-47-41-35-31-25-19-13-4/h40-41,46-47,66-69,86-87,89-91H,10-39,42-45,48-65,70-84H2,1-9H3,(H,100,109)(H,101,110)(H,102,111)(H,103,105)(H,104,106)(H,112,113)(H,114,115)/b46-40-,47-41-. The second-order valence-corrected chi connectivity index (χ2v) is 38.2. The number of carbonyl (C=O) groups excluding carboxylic acids is 7. The molecule has 0 aliphatic rings. The molecule has 6 atom stereocenters. The van der Waals surface area contributed by atoms with Crippen LogP contribution in [0.1, 0.15) is 415 Å². The minimum Gasteiger partial charge on any atom is -0.492 e. The van der Waals surface area contributed by atoms with Crippen molar-refractivity contribution < 1.29 is 99.0 Å². The van der Waals surface area contributed by atoms with Gasteiger partial charge in [0.1, 0.15) is 36.1 Å². The number of alkyl carbamates (subject to hydrolysis) is 1. The third-order valence-corrected chi connectivity index (χ3v) is 23.9. The monoisotopic (exact) mass is 1840 g/mol. The summed E-state index contributed by atoms with van der Waals surface area (Å²) in [6.07, 6.45) is 60.1. The zero-order chi connectivity index (χ0) is 93.2. The molecule has 1 aromatic carbocycles. The number of nitrogens with one attached hydrogen (secondary N) is 5. The van der Waals surface area contributed by atoms with Gasteiger partial charge in [0.15, 0.2) is 0 Å². The molecule has 28 heteroatoms. The predicted molar refractivity (Wildman–Crippen MR) is 510 cm³/mol. The first kappa shape index (κ1) is 120. The second-order valence-electron chi connectivity index (χ2n) is 35.3. The van der Waals surface area contributed by atoms with Crippen LogP contribution in [0.15, 0.2) is 48.6 Å². The number of benzene rings is 1. The Morgan fingerprint density at radius 1 is 0.370 bits per heavy atom. The van der Waals surface area contributed by atoms with Gasteiger partial charge < -0.3 is 64.8 Å². The van der Waals surface area contributed by atoms with Crippen LogP contribution in [0, 0.1) is 5.92 Å². The first-order valence-corrected chi connectivity index (χ1v) is 53.3. The van der Waals surface area contributed by atoms with E-state index in [4.69, 9.17) is 46.5 Å². The van der Waals surface area contributed by atoms with Gasteiger partial charge in [0.25, 0.3) is 0 Å². The van der Waals surface area contributed by atoms with E-state index in [9.17, 15) is 52.5 Å². The first-order chi connectivity index (χ1) is 61.4. The molecule has 0 spiro atoms. The number of hydrogen-bond donors (Lipinski definition) is 7. The molecule has 0 radical (unpaired) electrons. The molecule has 1 aromatic rings. The molecule has 0 heterocycles. The molecule has 0 saturated carbocycles. The Hall–Kier alpha value is -5.27. The summed E-state index contributed by atoms with van der Waals surface area (Å²) in [4.78, 5) is 116. The highest BCUT2D eigenvalue weighted by atomic mass is 31.2. The van der Waals surface area contributed by atoms with Gasteiger partial charge in [0.2, 0.25) is 23.6 Å². The summed E-state index contributed by atoms with van der Waals surface area (Å²) in [6.45, 7) is 16.1. The van der Waals surface area contributed by atoms with Crippen molar-refractivity contribution in [3.05, 3.63) is 54.1 Å². The highest BCUT2D eigenvalue weighted by Crippen LogP contribution is 2.44.